The number of urea groups is 1. The molecule has 4 N–H and O–H groups in total. The average Bonchev–Trinajstić information content (AvgIpc) is 2.61. The van der Waals surface area contributed by atoms with Crippen molar-refractivity contribution >= 4 is 44.9 Å². The Hall–Kier alpha value is -2.80. The number of hydrogen-bond acceptors (Lipinski definition) is 6. The highest BCUT2D eigenvalue weighted by Crippen LogP contribution is 2.30. The normalized spacial score (nSPS) is 11.6. The molecule has 13 heteroatoms. The van der Waals surface area contributed by atoms with E-state index in [4.69, 9.17) is 4.74 Å². The van der Waals surface area contributed by atoms with Gasteiger partial charge in [0.1, 0.15) is 11.5 Å². The van der Waals surface area contributed by atoms with Gasteiger partial charge in [-0.25, -0.2) is 13.2 Å². The summed E-state index contributed by atoms with van der Waals surface area (Å²) in [7, 11) is -3.62. The van der Waals surface area contributed by atoms with Crippen LogP contribution in [0.3, 0.4) is 0 Å². The average molecular weight is 465 g/mol. The molecule has 2 rings (SSSR count). The Morgan fingerprint density at radius 1 is 1.10 bits per heavy atom. The van der Waals surface area contributed by atoms with Crippen LogP contribution in [0.5, 0.6) is 11.5 Å². The Balaban J connectivity index is 1.88. The van der Waals surface area contributed by atoms with Gasteiger partial charge in [-0.1, -0.05) is 0 Å². The molecule has 2 amide bonds. The first-order valence-corrected chi connectivity index (χ1v) is 11.1. The zero-order valence-corrected chi connectivity index (χ0v) is 17.1. The fourth-order valence-corrected chi connectivity index (χ4v) is 3.10. The molecule has 30 heavy (non-hydrogen) atoms. The molecule has 0 heterocycles. The maximum Gasteiger partial charge on any atom is 0.441 e. The molecule has 0 saturated heterocycles. The highest BCUT2D eigenvalue weighted by Gasteiger charge is 2.27. The van der Waals surface area contributed by atoms with Gasteiger partial charge in [0, 0.05) is 17.1 Å². The van der Waals surface area contributed by atoms with Gasteiger partial charge >= 0.3 is 11.5 Å². The van der Waals surface area contributed by atoms with E-state index in [0.717, 1.165) is 6.26 Å². The van der Waals surface area contributed by atoms with Crippen molar-refractivity contribution in [3.8, 4) is 11.5 Å². The SMILES string of the molecule is CS(=O)(=O)Nc1cc(NC(=O)Nc2ccc(OCCSC(F)(F)F)cc2)ccc1O. The number of halogens is 3. The van der Waals surface area contributed by atoms with E-state index in [1.807, 2.05) is 0 Å². The first-order valence-electron chi connectivity index (χ1n) is 8.24. The third-order valence-corrected chi connectivity index (χ3v) is 4.57. The molecule has 0 saturated carbocycles. The minimum absolute atomic E-state index is 0.0968. The van der Waals surface area contributed by atoms with Crippen LogP contribution in [0.15, 0.2) is 42.5 Å². The van der Waals surface area contributed by atoms with E-state index in [9.17, 15) is 31.5 Å². The summed E-state index contributed by atoms with van der Waals surface area (Å²) in [5.41, 5.74) is -3.79. The molecule has 164 valence electrons. The number of thioether (sulfide) groups is 1. The minimum atomic E-state index is -4.30. The number of rotatable bonds is 8. The van der Waals surface area contributed by atoms with Crippen molar-refractivity contribution in [3.63, 3.8) is 0 Å². The predicted octanol–water partition coefficient (Wildman–Crippen LogP) is 4.04. The van der Waals surface area contributed by atoms with Crippen LogP contribution in [-0.2, 0) is 10.0 Å². The summed E-state index contributed by atoms with van der Waals surface area (Å²) >= 11 is -0.174. The number of hydrogen-bond donors (Lipinski definition) is 4. The van der Waals surface area contributed by atoms with Gasteiger partial charge in [-0.05, 0) is 54.2 Å². The standard InChI is InChI=1S/C17H18F3N3O5S2/c1-30(26,27)23-14-10-12(4-7-15(14)24)22-16(25)21-11-2-5-13(6-3-11)28-8-9-29-17(18,19)20/h2-7,10,23-24H,8-9H2,1H3,(H2,21,22,25). The zero-order chi connectivity index (χ0) is 22.4. The molecule has 2 aromatic carbocycles. The molecule has 0 aromatic heterocycles. The topological polar surface area (TPSA) is 117 Å². The molecule has 8 nitrogen and oxygen atoms in total. The van der Waals surface area contributed by atoms with Gasteiger partial charge in [0.05, 0.1) is 18.6 Å². The molecule has 0 radical (unpaired) electrons. The third-order valence-electron chi connectivity index (χ3n) is 3.28. The molecule has 0 atom stereocenters. The zero-order valence-electron chi connectivity index (χ0n) is 15.5. The largest absolute Gasteiger partial charge is 0.506 e. The number of aromatic hydroxyl groups is 1. The molecule has 0 aliphatic carbocycles. The van der Waals surface area contributed by atoms with Crippen molar-refractivity contribution in [1.29, 1.82) is 0 Å². The number of sulfonamides is 1. The molecule has 2 aromatic rings. The minimum Gasteiger partial charge on any atom is -0.506 e. The Labute approximate surface area is 174 Å². The van der Waals surface area contributed by atoms with Gasteiger partial charge in [0.2, 0.25) is 10.0 Å². The van der Waals surface area contributed by atoms with E-state index in [-0.39, 0.29) is 41.2 Å². The highest BCUT2D eigenvalue weighted by molar-refractivity contribution is 8.00. The van der Waals surface area contributed by atoms with Gasteiger partial charge in [0.15, 0.2) is 0 Å². The summed E-state index contributed by atoms with van der Waals surface area (Å²) in [5, 5.41) is 14.7. The maximum atomic E-state index is 12.1. The second kappa shape index (κ2) is 9.80. The molecule has 0 fully saturated rings. The number of anilines is 3. The summed E-state index contributed by atoms with van der Waals surface area (Å²) < 4.78 is 66.0. The van der Waals surface area contributed by atoms with Gasteiger partial charge in [-0.2, -0.15) is 13.2 Å². The molecular formula is C17H18F3N3O5S2. The number of amides is 2. The van der Waals surface area contributed by atoms with Gasteiger partial charge < -0.3 is 20.5 Å². The molecule has 0 aliphatic heterocycles. The lowest BCUT2D eigenvalue weighted by Gasteiger charge is -2.12. The lowest BCUT2D eigenvalue weighted by atomic mass is 10.2. The number of nitrogens with one attached hydrogen (secondary N) is 3. The van der Waals surface area contributed by atoms with Crippen LogP contribution < -0.4 is 20.1 Å². The number of benzene rings is 2. The lowest BCUT2D eigenvalue weighted by Crippen LogP contribution is -2.19. The van der Waals surface area contributed by atoms with Crippen LogP contribution in [0.4, 0.5) is 35.0 Å². The van der Waals surface area contributed by atoms with Crippen molar-refractivity contribution in [2.75, 3.05) is 34.0 Å². The number of carbonyl (C=O) groups excluding carboxylic acids is 1. The van der Waals surface area contributed by atoms with Crippen molar-refractivity contribution in [1.82, 2.24) is 0 Å². The number of alkyl halides is 3. The van der Waals surface area contributed by atoms with Crippen molar-refractivity contribution in [3.05, 3.63) is 42.5 Å². The molecule has 0 unspecified atom stereocenters. The number of carbonyl (C=O) groups is 1. The summed E-state index contributed by atoms with van der Waals surface area (Å²) in [4.78, 5) is 12.1. The number of phenols is 1. The second-order valence-corrected chi connectivity index (χ2v) is 8.76. The third kappa shape index (κ3) is 8.69. The summed E-state index contributed by atoms with van der Waals surface area (Å²) in [5.74, 6) is -0.205. The van der Waals surface area contributed by atoms with Crippen LogP contribution in [0.25, 0.3) is 0 Å². The fourth-order valence-electron chi connectivity index (χ4n) is 2.14. The Kier molecular flexibility index (Phi) is 7.67. The first-order chi connectivity index (χ1) is 13.9. The Bertz CT molecular complexity index is 983. The molecule has 0 aliphatic rings. The summed E-state index contributed by atoms with van der Waals surface area (Å²) in [6, 6.07) is 9.17. The van der Waals surface area contributed by atoms with E-state index < -0.39 is 21.6 Å². The van der Waals surface area contributed by atoms with Gasteiger partial charge in [-0.15, -0.1) is 0 Å². The number of phenolic OH excluding ortho intramolecular Hbond substituents is 1. The van der Waals surface area contributed by atoms with E-state index in [0.29, 0.717) is 11.4 Å². The molecule has 0 spiro atoms. The van der Waals surface area contributed by atoms with E-state index in [1.54, 1.807) is 0 Å². The highest BCUT2D eigenvalue weighted by atomic mass is 32.2. The summed E-state index contributed by atoms with van der Waals surface area (Å²) in [6.45, 7) is -0.123. The van der Waals surface area contributed by atoms with E-state index in [1.165, 1.54) is 42.5 Å². The van der Waals surface area contributed by atoms with E-state index in [2.05, 4.69) is 15.4 Å². The first kappa shape index (κ1) is 23.5. The molecular weight excluding hydrogens is 447 g/mol. The van der Waals surface area contributed by atoms with Crippen molar-refractivity contribution in [2.24, 2.45) is 0 Å². The van der Waals surface area contributed by atoms with Crippen LogP contribution in [0, 0.1) is 0 Å². The van der Waals surface area contributed by atoms with Gasteiger partial charge in [-0.3, -0.25) is 4.72 Å². The number of ether oxygens (including phenoxy) is 1. The lowest BCUT2D eigenvalue weighted by molar-refractivity contribution is -0.0329. The smallest absolute Gasteiger partial charge is 0.441 e. The molecule has 0 bridgehead atoms. The van der Waals surface area contributed by atoms with Crippen LogP contribution in [0.2, 0.25) is 0 Å². The predicted molar refractivity (Wildman–Crippen MR) is 110 cm³/mol. The van der Waals surface area contributed by atoms with Crippen LogP contribution in [0.1, 0.15) is 0 Å². The fraction of sp³-hybridized carbons (Fsp3) is 0.235. The quantitative estimate of drug-likeness (QED) is 0.266. The van der Waals surface area contributed by atoms with Crippen molar-refractivity contribution < 1.29 is 36.2 Å². The van der Waals surface area contributed by atoms with Crippen molar-refractivity contribution in [2.45, 2.75) is 5.51 Å². The second-order valence-electron chi connectivity index (χ2n) is 5.85. The Morgan fingerprint density at radius 2 is 1.70 bits per heavy atom. The maximum absolute atomic E-state index is 12.1. The van der Waals surface area contributed by atoms with E-state index >= 15 is 0 Å². The Morgan fingerprint density at radius 3 is 2.30 bits per heavy atom. The van der Waals surface area contributed by atoms with Crippen LogP contribution >= 0.6 is 11.8 Å². The van der Waals surface area contributed by atoms with Gasteiger partial charge in [0.25, 0.3) is 0 Å². The summed E-state index contributed by atoms with van der Waals surface area (Å²) in [6.07, 6.45) is 0.918. The van der Waals surface area contributed by atoms with Crippen LogP contribution in [-0.4, -0.2) is 43.7 Å². The monoisotopic (exact) mass is 465 g/mol.